The summed E-state index contributed by atoms with van der Waals surface area (Å²) in [5.74, 6) is 0.556. The number of hydrogen-bond acceptors (Lipinski definition) is 3. The number of Topliss-reactive ketones (excluding diaryl/α,β-unsaturated/α-hetero) is 2. The second kappa shape index (κ2) is 6.31. The molecule has 1 fully saturated rings. The lowest BCUT2D eigenvalue weighted by molar-refractivity contribution is -0.121. The Balaban J connectivity index is 1.95. The average Bonchev–Trinajstić information content (AvgIpc) is 2.42. The summed E-state index contributed by atoms with van der Waals surface area (Å²) in [5, 5.41) is 0. The maximum Gasteiger partial charge on any atom is 0.164 e. The fourth-order valence-electron chi connectivity index (χ4n) is 2.68. The van der Waals surface area contributed by atoms with E-state index in [2.05, 4.69) is 17.9 Å². The Kier molecular flexibility index (Phi) is 4.71. The zero-order valence-corrected chi connectivity index (χ0v) is 12.7. The van der Waals surface area contributed by atoms with Crippen molar-refractivity contribution in [2.24, 2.45) is 0 Å². The van der Waals surface area contributed by atoms with Gasteiger partial charge in [-0.15, -0.1) is 0 Å². The van der Waals surface area contributed by atoms with Crippen molar-refractivity contribution in [1.29, 1.82) is 0 Å². The van der Waals surface area contributed by atoms with Crippen LogP contribution in [0.3, 0.4) is 0 Å². The molecule has 0 amide bonds. The monoisotopic (exact) mass is 273 g/mol. The SMILES string of the molecule is Cc1cc(C)c(C(=O)CCN2CCC(=O)CC2)cc1C. The summed E-state index contributed by atoms with van der Waals surface area (Å²) < 4.78 is 0. The molecular weight excluding hydrogens is 250 g/mol. The first-order valence-electron chi connectivity index (χ1n) is 7.32. The van der Waals surface area contributed by atoms with Gasteiger partial charge in [0.25, 0.3) is 0 Å². The van der Waals surface area contributed by atoms with E-state index in [1.165, 1.54) is 11.1 Å². The fraction of sp³-hybridized carbons (Fsp3) is 0.529. The molecule has 1 aromatic rings. The van der Waals surface area contributed by atoms with Crippen molar-refractivity contribution in [3.8, 4) is 0 Å². The number of likely N-dealkylation sites (tertiary alicyclic amines) is 1. The molecule has 1 aliphatic rings. The third kappa shape index (κ3) is 3.54. The average molecular weight is 273 g/mol. The molecule has 0 saturated carbocycles. The lowest BCUT2D eigenvalue weighted by atomic mass is 9.96. The normalized spacial score (nSPS) is 16.4. The third-order valence-electron chi connectivity index (χ3n) is 4.21. The Morgan fingerprint density at radius 2 is 1.65 bits per heavy atom. The smallest absolute Gasteiger partial charge is 0.164 e. The second-order valence-electron chi connectivity index (χ2n) is 5.80. The molecule has 0 radical (unpaired) electrons. The molecule has 0 N–H and O–H groups in total. The number of rotatable bonds is 4. The molecule has 20 heavy (non-hydrogen) atoms. The summed E-state index contributed by atoms with van der Waals surface area (Å²) in [6.45, 7) is 8.48. The van der Waals surface area contributed by atoms with Gasteiger partial charge in [0.05, 0.1) is 0 Å². The molecular formula is C17H23NO2. The fourth-order valence-corrected chi connectivity index (χ4v) is 2.68. The Hall–Kier alpha value is -1.48. The van der Waals surface area contributed by atoms with Crippen LogP contribution in [0.2, 0.25) is 0 Å². The minimum atomic E-state index is 0.211. The van der Waals surface area contributed by atoms with Crippen molar-refractivity contribution < 1.29 is 9.59 Å². The molecule has 0 aliphatic carbocycles. The lowest BCUT2D eigenvalue weighted by Gasteiger charge is -2.25. The van der Waals surface area contributed by atoms with E-state index in [-0.39, 0.29) is 5.78 Å². The van der Waals surface area contributed by atoms with Crippen LogP contribution >= 0.6 is 0 Å². The Morgan fingerprint density at radius 3 is 2.30 bits per heavy atom. The number of hydrogen-bond donors (Lipinski definition) is 0. The van der Waals surface area contributed by atoms with Gasteiger partial charge in [-0.05, 0) is 43.5 Å². The summed E-state index contributed by atoms with van der Waals surface area (Å²) in [5.41, 5.74) is 4.31. The van der Waals surface area contributed by atoms with Gasteiger partial charge in [0.2, 0.25) is 0 Å². The number of carbonyl (C=O) groups excluding carboxylic acids is 2. The molecule has 1 aliphatic heterocycles. The van der Waals surface area contributed by atoms with E-state index in [1.54, 1.807) is 0 Å². The molecule has 1 saturated heterocycles. The van der Waals surface area contributed by atoms with Gasteiger partial charge in [0.1, 0.15) is 5.78 Å². The molecule has 108 valence electrons. The Bertz CT molecular complexity index is 524. The topological polar surface area (TPSA) is 37.4 Å². The molecule has 2 rings (SSSR count). The number of aryl methyl sites for hydroxylation is 3. The first-order chi connectivity index (χ1) is 9.47. The maximum absolute atomic E-state index is 12.3. The van der Waals surface area contributed by atoms with Crippen LogP contribution < -0.4 is 0 Å². The van der Waals surface area contributed by atoms with Gasteiger partial charge >= 0.3 is 0 Å². The minimum Gasteiger partial charge on any atom is -0.302 e. The van der Waals surface area contributed by atoms with Gasteiger partial charge in [-0.3, -0.25) is 9.59 Å². The van der Waals surface area contributed by atoms with E-state index < -0.39 is 0 Å². The molecule has 3 nitrogen and oxygen atoms in total. The van der Waals surface area contributed by atoms with E-state index in [4.69, 9.17) is 0 Å². The summed E-state index contributed by atoms with van der Waals surface area (Å²) in [7, 11) is 0. The van der Waals surface area contributed by atoms with Gasteiger partial charge in [-0.25, -0.2) is 0 Å². The van der Waals surface area contributed by atoms with Crippen LogP contribution in [0.4, 0.5) is 0 Å². The molecule has 0 unspecified atom stereocenters. The van der Waals surface area contributed by atoms with Crippen molar-refractivity contribution in [1.82, 2.24) is 4.90 Å². The quantitative estimate of drug-likeness (QED) is 0.792. The molecule has 1 heterocycles. The van der Waals surface area contributed by atoms with Crippen molar-refractivity contribution in [3.05, 3.63) is 34.4 Å². The van der Waals surface area contributed by atoms with E-state index in [1.807, 2.05) is 19.9 Å². The van der Waals surface area contributed by atoms with Gasteiger partial charge in [-0.2, -0.15) is 0 Å². The predicted octanol–water partition coefficient (Wildman–Crippen LogP) is 2.85. The molecule has 3 heteroatoms. The van der Waals surface area contributed by atoms with Gasteiger partial charge < -0.3 is 4.90 Å². The summed E-state index contributed by atoms with van der Waals surface area (Å²) in [6, 6.07) is 4.09. The zero-order chi connectivity index (χ0) is 14.7. The van der Waals surface area contributed by atoms with Crippen LogP contribution in [0.25, 0.3) is 0 Å². The zero-order valence-electron chi connectivity index (χ0n) is 12.7. The summed E-state index contributed by atoms with van der Waals surface area (Å²) >= 11 is 0. The van der Waals surface area contributed by atoms with Crippen molar-refractivity contribution in [2.75, 3.05) is 19.6 Å². The first-order valence-corrected chi connectivity index (χ1v) is 7.32. The second-order valence-corrected chi connectivity index (χ2v) is 5.80. The first kappa shape index (κ1) is 14.9. The van der Waals surface area contributed by atoms with Crippen LogP contribution in [0.5, 0.6) is 0 Å². The standard InChI is InChI=1S/C17H23NO2/c1-12-10-14(3)16(11-13(12)2)17(20)6-9-18-7-4-15(19)5-8-18/h10-11H,4-9H2,1-3H3. The number of ketones is 2. The van der Waals surface area contributed by atoms with Crippen LogP contribution in [0.1, 0.15) is 46.3 Å². The number of carbonyl (C=O) groups is 2. The van der Waals surface area contributed by atoms with Crippen molar-refractivity contribution >= 4 is 11.6 Å². The number of benzene rings is 1. The van der Waals surface area contributed by atoms with E-state index in [9.17, 15) is 9.59 Å². The Labute approximate surface area is 121 Å². The molecule has 1 aromatic carbocycles. The van der Waals surface area contributed by atoms with Crippen molar-refractivity contribution in [3.63, 3.8) is 0 Å². The predicted molar refractivity (Wildman–Crippen MR) is 80.3 cm³/mol. The van der Waals surface area contributed by atoms with Gasteiger partial charge in [-0.1, -0.05) is 6.07 Å². The minimum absolute atomic E-state index is 0.211. The van der Waals surface area contributed by atoms with Gasteiger partial charge in [0.15, 0.2) is 5.78 Å². The third-order valence-corrected chi connectivity index (χ3v) is 4.21. The van der Waals surface area contributed by atoms with Crippen molar-refractivity contribution in [2.45, 2.75) is 40.0 Å². The largest absolute Gasteiger partial charge is 0.302 e. The highest BCUT2D eigenvalue weighted by Crippen LogP contribution is 2.17. The van der Waals surface area contributed by atoms with Crippen LogP contribution in [0.15, 0.2) is 12.1 Å². The lowest BCUT2D eigenvalue weighted by Crippen LogP contribution is -2.35. The van der Waals surface area contributed by atoms with Crippen LogP contribution in [-0.2, 0) is 4.79 Å². The molecule has 0 bridgehead atoms. The van der Waals surface area contributed by atoms with E-state index in [0.717, 1.165) is 30.8 Å². The highest BCUT2D eigenvalue weighted by molar-refractivity contribution is 5.97. The van der Waals surface area contributed by atoms with Crippen LogP contribution in [0, 0.1) is 20.8 Å². The molecule has 0 atom stereocenters. The highest BCUT2D eigenvalue weighted by Gasteiger charge is 2.17. The van der Waals surface area contributed by atoms with Crippen LogP contribution in [-0.4, -0.2) is 36.1 Å². The summed E-state index contributed by atoms with van der Waals surface area (Å²) in [4.78, 5) is 25.7. The Morgan fingerprint density at radius 1 is 1.05 bits per heavy atom. The maximum atomic E-state index is 12.3. The number of piperidine rings is 1. The highest BCUT2D eigenvalue weighted by atomic mass is 16.1. The molecule has 0 aromatic heterocycles. The van der Waals surface area contributed by atoms with E-state index >= 15 is 0 Å². The summed E-state index contributed by atoms with van der Waals surface area (Å²) in [6.07, 6.45) is 1.81. The number of nitrogens with zero attached hydrogens (tertiary/aromatic N) is 1. The molecule has 0 spiro atoms. The van der Waals surface area contributed by atoms with E-state index in [0.29, 0.717) is 25.0 Å². The van der Waals surface area contributed by atoms with Gasteiger partial charge in [0, 0.05) is 44.5 Å².